The molecule has 1 fully saturated rings. The topological polar surface area (TPSA) is 49.9 Å². The lowest BCUT2D eigenvalue weighted by Gasteiger charge is -2.23. The fourth-order valence-electron chi connectivity index (χ4n) is 3.28. The molecule has 1 aliphatic rings. The van der Waals surface area contributed by atoms with Crippen molar-refractivity contribution in [3.05, 3.63) is 64.1 Å². The van der Waals surface area contributed by atoms with Crippen LogP contribution >= 0.6 is 15.9 Å². The van der Waals surface area contributed by atoms with Gasteiger partial charge in [-0.05, 0) is 36.2 Å². The van der Waals surface area contributed by atoms with E-state index in [2.05, 4.69) is 33.0 Å². The summed E-state index contributed by atoms with van der Waals surface area (Å²) in [5.41, 5.74) is 1.69. The van der Waals surface area contributed by atoms with Crippen molar-refractivity contribution in [3.8, 4) is 5.75 Å². The van der Waals surface area contributed by atoms with Crippen molar-refractivity contribution >= 4 is 27.8 Å². The van der Waals surface area contributed by atoms with Gasteiger partial charge in [0.25, 0.3) is 5.91 Å². The third kappa shape index (κ3) is 5.40. The van der Waals surface area contributed by atoms with Crippen LogP contribution in [0.3, 0.4) is 0 Å². The number of halogens is 1. The van der Waals surface area contributed by atoms with Gasteiger partial charge in [0, 0.05) is 44.1 Å². The van der Waals surface area contributed by atoms with Crippen molar-refractivity contribution in [3.63, 3.8) is 0 Å². The van der Waals surface area contributed by atoms with E-state index in [0.29, 0.717) is 24.4 Å². The van der Waals surface area contributed by atoms with Gasteiger partial charge in [0.05, 0.1) is 5.56 Å². The highest BCUT2D eigenvalue weighted by Crippen LogP contribution is 2.21. The number of carbonyl (C=O) groups excluding carboxylic acids is 2. The van der Waals surface area contributed by atoms with Gasteiger partial charge in [0.1, 0.15) is 5.75 Å². The minimum atomic E-state index is -0.425. The molecule has 1 aliphatic heterocycles. The van der Waals surface area contributed by atoms with E-state index < -0.39 is 5.97 Å². The number of ether oxygens (including phenoxy) is 1. The maximum atomic E-state index is 13.0. The van der Waals surface area contributed by atoms with E-state index in [9.17, 15) is 9.59 Å². The molecule has 6 heteroatoms. The molecule has 0 aliphatic carbocycles. The summed E-state index contributed by atoms with van der Waals surface area (Å²) in [7, 11) is 0. The summed E-state index contributed by atoms with van der Waals surface area (Å²) >= 11 is 3.51. The summed E-state index contributed by atoms with van der Waals surface area (Å²) in [5.74, 6) is -0.187. The van der Waals surface area contributed by atoms with E-state index in [4.69, 9.17) is 4.74 Å². The molecule has 5 nitrogen and oxygen atoms in total. The molecule has 0 bridgehead atoms. The van der Waals surface area contributed by atoms with Gasteiger partial charge < -0.3 is 9.64 Å². The Kier molecular flexibility index (Phi) is 6.63. The number of amides is 1. The highest BCUT2D eigenvalue weighted by Gasteiger charge is 2.23. The monoisotopic (exact) mass is 430 g/mol. The summed E-state index contributed by atoms with van der Waals surface area (Å²) in [6.45, 7) is 5.32. The van der Waals surface area contributed by atoms with Gasteiger partial charge in [-0.3, -0.25) is 14.5 Å². The molecule has 27 heavy (non-hydrogen) atoms. The van der Waals surface area contributed by atoms with Crippen LogP contribution in [0.4, 0.5) is 0 Å². The van der Waals surface area contributed by atoms with E-state index in [-0.39, 0.29) is 5.91 Å². The fraction of sp³-hybridized carbons (Fsp3) is 0.333. The maximum absolute atomic E-state index is 13.0. The standard InChI is InChI=1S/C21H23BrN2O3/c1-16(25)27-20-9-3-2-8-19(20)21(26)24-11-5-10-23(12-13-24)15-17-6-4-7-18(22)14-17/h2-4,6-9,14H,5,10-13,15H2,1H3. The smallest absolute Gasteiger partial charge is 0.308 e. The molecule has 2 aromatic carbocycles. The number of carbonyl (C=O) groups is 2. The molecule has 0 aromatic heterocycles. The molecular weight excluding hydrogens is 408 g/mol. The van der Waals surface area contributed by atoms with Crippen LogP contribution in [0.25, 0.3) is 0 Å². The number of para-hydroxylation sites is 1. The average Bonchev–Trinajstić information content (AvgIpc) is 2.87. The summed E-state index contributed by atoms with van der Waals surface area (Å²) in [5, 5.41) is 0. The number of hydrogen-bond acceptors (Lipinski definition) is 4. The molecule has 0 radical (unpaired) electrons. The van der Waals surface area contributed by atoms with Gasteiger partial charge in [-0.2, -0.15) is 0 Å². The lowest BCUT2D eigenvalue weighted by atomic mass is 10.1. The normalized spacial score (nSPS) is 15.3. The van der Waals surface area contributed by atoms with Gasteiger partial charge in [-0.1, -0.05) is 40.2 Å². The first-order chi connectivity index (χ1) is 13.0. The van der Waals surface area contributed by atoms with Gasteiger partial charge >= 0.3 is 5.97 Å². The molecule has 1 heterocycles. The van der Waals surface area contributed by atoms with Crippen LogP contribution in [0, 0.1) is 0 Å². The zero-order valence-electron chi connectivity index (χ0n) is 15.4. The number of benzene rings is 2. The molecule has 0 unspecified atom stereocenters. The lowest BCUT2D eigenvalue weighted by Crippen LogP contribution is -2.35. The number of hydrogen-bond donors (Lipinski definition) is 0. The van der Waals surface area contributed by atoms with Crippen LogP contribution in [0.1, 0.15) is 29.3 Å². The van der Waals surface area contributed by atoms with E-state index in [1.54, 1.807) is 24.3 Å². The van der Waals surface area contributed by atoms with Crippen LogP contribution in [-0.4, -0.2) is 47.9 Å². The Hall–Kier alpha value is -2.18. The highest BCUT2D eigenvalue weighted by molar-refractivity contribution is 9.10. The van der Waals surface area contributed by atoms with Crippen molar-refractivity contribution in [1.29, 1.82) is 0 Å². The predicted octanol–water partition coefficient (Wildman–Crippen LogP) is 3.72. The Balaban J connectivity index is 1.66. The Morgan fingerprint density at radius 3 is 2.63 bits per heavy atom. The van der Waals surface area contributed by atoms with E-state index in [1.165, 1.54) is 12.5 Å². The summed E-state index contributed by atoms with van der Waals surface area (Å²) in [4.78, 5) is 28.5. The molecule has 3 rings (SSSR count). The SMILES string of the molecule is CC(=O)Oc1ccccc1C(=O)N1CCCN(Cc2cccc(Br)c2)CC1. The molecule has 0 atom stereocenters. The quantitative estimate of drug-likeness (QED) is 0.547. The zero-order chi connectivity index (χ0) is 19.2. The Morgan fingerprint density at radius 1 is 1.04 bits per heavy atom. The molecule has 0 spiro atoms. The first-order valence-electron chi connectivity index (χ1n) is 9.06. The maximum Gasteiger partial charge on any atom is 0.308 e. The number of esters is 1. The summed E-state index contributed by atoms with van der Waals surface area (Å²) < 4.78 is 6.28. The number of rotatable bonds is 4. The second-order valence-electron chi connectivity index (χ2n) is 6.64. The second-order valence-corrected chi connectivity index (χ2v) is 7.56. The molecule has 0 saturated carbocycles. The predicted molar refractivity (Wildman–Crippen MR) is 108 cm³/mol. The van der Waals surface area contributed by atoms with Crippen molar-refractivity contribution in [2.45, 2.75) is 19.9 Å². The van der Waals surface area contributed by atoms with E-state index >= 15 is 0 Å². The Labute approximate surface area is 168 Å². The van der Waals surface area contributed by atoms with Crippen LogP contribution in [-0.2, 0) is 11.3 Å². The average molecular weight is 431 g/mol. The van der Waals surface area contributed by atoms with Crippen molar-refractivity contribution in [2.75, 3.05) is 26.2 Å². The van der Waals surface area contributed by atoms with Gasteiger partial charge in [-0.25, -0.2) is 0 Å². The zero-order valence-corrected chi connectivity index (χ0v) is 16.9. The largest absolute Gasteiger partial charge is 0.426 e. The van der Waals surface area contributed by atoms with Crippen LogP contribution in [0.2, 0.25) is 0 Å². The lowest BCUT2D eigenvalue weighted by molar-refractivity contribution is -0.131. The van der Waals surface area contributed by atoms with Crippen molar-refractivity contribution < 1.29 is 14.3 Å². The number of nitrogens with zero attached hydrogens (tertiary/aromatic N) is 2. The summed E-state index contributed by atoms with van der Waals surface area (Å²) in [6.07, 6.45) is 0.912. The van der Waals surface area contributed by atoms with Gasteiger partial charge in [0.2, 0.25) is 0 Å². The van der Waals surface area contributed by atoms with Crippen LogP contribution in [0.5, 0.6) is 5.75 Å². The minimum Gasteiger partial charge on any atom is -0.426 e. The van der Waals surface area contributed by atoms with Gasteiger partial charge in [-0.15, -0.1) is 0 Å². The molecular formula is C21H23BrN2O3. The third-order valence-electron chi connectivity index (χ3n) is 4.54. The highest BCUT2D eigenvalue weighted by atomic mass is 79.9. The minimum absolute atomic E-state index is 0.0869. The first-order valence-corrected chi connectivity index (χ1v) is 9.86. The van der Waals surface area contributed by atoms with E-state index in [0.717, 1.165) is 30.5 Å². The first kappa shape index (κ1) is 19.6. The summed E-state index contributed by atoms with van der Waals surface area (Å²) in [6, 6.07) is 15.2. The third-order valence-corrected chi connectivity index (χ3v) is 5.04. The molecule has 2 aromatic rings. The molecule has 0 N–H and O–H groups in total. The molecule has 1 saturated heterocycles. The molecule has 142 valence electrons. The van der Waals surface area contributed by atoms with Crippen molar-refractivity contribution in [2.24, 2.45) is 0 Å². The van der Waals surface area contributed by atoms with E-state index in [1.807, 2.05) is 17.0 Å². The van der Waals surface area contributed by atoms with Gasteiger partial charge in [0.15, 0.2) is 0 Å². The second kappa shape index (κ2) is 9.15. The van der Waals surface area contributed by atoms with Crippen LogP contribution < -0.4 is 4.74 Å². The Morgan fingerprint density at radius 2 is 1.85 bits per heavy atom. The Bertz CT molecular complexity index is 825. The molecule has 1 amide bonds. The van der Waals surface area contributed by atoms with Crippen LogP contribution in [0.15, 0.2) is 53.0 Å². The van der Waals surface area contributed by atoms with Crippen molar-refractivity contribution in [1.82, 2.24) is 9.80 Å². The fourth-order valence-corrected chi connectivity index (χ4v) is 3.73.